The molecule has 0 aliphatic carbocycles. The van der Waals surface area contributed by atoms with Gasteiger partial charge in [-0.1, -0.05) is 20.3 Å². The highest BCUT2D eigenvalue weighted by molar-refractivity contribution is 7.11. The highest BCUT2D eigenvalue weighted by atomic mass is 32.1. The van der Waals surface area contributed by atoms with Crippen molar-refractivity contribution >= 4 is 11.3 Å². The molecule has 2 nitrogen and oxygen atoms in total. The summed E-state index contributed by atoms with van der Waals surface area (Å²) in [7, 11) is 0. The average Bonchev–Trinajstić information content (AvgIpc) is 2.51. The van der Waals surface area contributed by atoms with Gasteiger partial charge < -0.3 is 5.11 Å². The van der Waals surface area contributed by atoms with E-state index in [4.69, 9.17) is 0 Å². The highest BCUT2D eigenvalue weighted by Crippen LogP contribution is 2.30. The van der Waals surface area contributed by atoms with Gasteiger partial charge in [-0.25, -0.2) is 4.98 Å². The molecule has 0 fully saturated rings. The van der Waals surface area contributed by atoms with Crippen LogP contribution in [0.2, 0.25) is 0 Å². The minimum absolute atomic E-state index is 0.515. The minimum atomic E-state index is -0.748. The van der Waals surface area contributed by atoms with Gasteiger partial charge in [0.1, 0.15) is 0 Å². The van der Waals surface area contributed by atoms with Crippen LogP contribution in [0.5, 0.6) is 0 Å². The largest absolute Gasteiger partial charge is 0.385 e. The molecule has 80 valence electrons. The lowest BCUT2D eigenvalue weighted by Gasteiger charge is -2.13. The van der Waals surface area contributed by atoms with Gasteiger partial charge in [0.05, 0.1) is 15.5 Å². The van der Waals surface area contributed by atoms with Gasteiger partial charge in [0.15, 0.2) is 0 Å². The third-order valence-corrected chi connectivity index (χ3v) is 3.81. The van der Waals surface area contributed by atoms with E-state index in [0.717, 1.165) is 9.88 Å². The molecule has 0 saturated carbocycles. The maximum atomic E-state index is 9.78. The molecule has 0 spiro atoms. The molecule has 0 aromatic carbocycles. The van der Waals surface area contributed by atoms with Crippen molar-refractivity contribution in [2.75, 3.05) is 0 Å². The van der Waals surface area contributed by atoms with Crippen molar-refractivity contribution in [3.05, 3.63) is 16.1 Å². The Bertz CT molecular complexity index is 288. The van der Waals surface area contributed by atoms with Crippen LogP contribution in [0.4, 0.5) is 0 Å². The standard InChI is InChI=1S/C11H19NOS/c1-5-6-8(2)10-12-7-9(14-10)11(3,4)13/h7-8,13H,5-6H2,1-4H3. The van der Waals surface area contributed by atoms with Gasteiger partial charge in [0.25, 0.3) is 0 Å². The van der Waals surface area contributed by atoms with Crippen molar-refractivity contribution in [1.82, 2.24) is 4.98 Å². The zero-order valence-corrected chi connectivity index (χ0v) is 10.2. The summed E-state index contributed by atoms with van der Waals surface area (Å²) in [4.78, 5) is 5.31. The number of aromatic nitrogens is 1. The smallest absolute Gasteiger partial charge is 0.0956 e. The predicted molar refractivity (Wildman–Crippen MR) is 60.7 cm³/mol. The maximum Gasteiger partial charge on any atom is 0.0956 e. The first kappa shape index (κ1) is 11.7. The van der Waals surface area contributed by atoms with E-state index in [1.165, 1.54) is 12.8 Å². The van der Waals surface area contributed by atoms with Gasteiger partial charge in [-0.15, -0.1) is 11.3 Å². The van der Waals surface area contributed by atoms with Crippen molar-refractivity contribution in [2.45, 2.75) is 52.1 Å². The second-order valence-electron chi connectivity index (χ2n) is 4.31. The summed E-state index contributed by atoms with van der Waals surface area (Å²) in [5.41, 5.74) is -0.748. The zero-order chi connectivity index (χ0) is 10.8. The summed E-state index contributed by atoms with van der Waals surface area (Å²) in [5, 5.41) is 10.9. The second-order valence-corrected chi connectivity index (χ2v) is 5.37. The number of thiazole rings is 1. The van der Waals surface area contributed by atoms with Crippen LogP contribution in [-0.4, -0.2) is 10.1 Å². The van der Waals surface area contributed by atoms with Gasteiger partial charge in [0, 0.05) is 12.1 Å². The van der Waals surface area contributed by atoms with Crippen LogP contribution in [0, 0.1) is 0 Å². The Morgan fingerprint density at radius 1 is 1.57 bits per heavy atom. The van der Waals surface area contributed by atoms with E-state index < -0.39 is 5.60 Å². The molecule has 0 amide bonds. The first-order valence-electron chi connectivity index (χ1n) is 5.13. The summed E-state index contributed by atoms with van der Waals surface area (Å²) in [6.07, 6.45) is 4.14. The van der Waals surface area contributed by atoms with Crippen molar-refractivity contribution in [3.63, 3.8) is 0 Å². The lowest BCUT2D eigenvalue weighted by atomic mass is 10.1. The van der Waals surface area contributed by atoms with E-state index in [-0.39, 0.29) is 0 Å². The fraction of sp³-hybridized carbons (Fsp3) is 0.727. The number of nitrogens with zero attached hydrogens (tertiary/aromatic N) is 1. The summed E-state index contributed by atoms with van der Waals surface area (Å²) < 4.78 is 0. The fourth-order valence-electron chi connectivity index (χ4n) is 1.35. The van der Waals surface area contributed by atoms with Gasteiger partial charge in [-0.3, -0.25) is 0 Å². The fourth-order valence-corrected chi connectivity index (χ4v) is 2.36. The Labute approximate surface area is 90.0 Å². The van der Waals surface area contributed by atoms with Crippen molar-refractivity contribution < 1.29 is 5.11 Å². The van der Waals surface area contributed by atoms with Crippen LogP contribution < -0.4 is 0 Å². The van der Waals surface area contributed by atoms with Crippen LogP contribution in [0.25, 0.3) is 0 Å². The van der Waals surface area contributed by atoms with Crippen LogP contribution in [0.3, 0.4) is 0 Å². The van der Waals surface area contributed by atoms with Crippen molar-refractivity contribution in [3.8, 4) is 0 Å². The Balaban J connectivity index is 2.78. The molecule has 1 heterocycles. The molecule has 1 rings (SSSR count). The summed E-state index contributed by atoms with van der Waals surface area (Å²) in [6.45, 7) is 7.97. The third kappa shape index (κ3) is 2.79. The Hall–Kier alpha value is -0.410. The molecule has 0 radical (unpaired) electrons. The first-order chi connectivity index (χ1) is 6.45. The Morgan fingerprint density at radius 2 is 2.21 bits per heavy atom. The molecule has 1 unspecified atom stereocenters. The molecule has 14 heavy (non-hydrogen) atoms. The lowest BCUT2D eigenvalue weighted by molar-refractivity contribution is 0.0823. The molecule has 0 aliphatic heterocycles. The maximum absolute atomic E-state index is 9.78. The summed E-state index contributed by atoms with van der Waals surface area (Å²) in [6, 6.07) is 0. The molecule has 3 heteroatoms. The number of aliphatic hydroxyl groups is 1. The number of rotatable bonds is 4. The molecule has 1 aromatic heterocycles. The SMILES string of the molecule is CCCC(C)c1ncc(C(C)(C)O)s1. The Kier molecular flexibility index (Phi) is 3.67. The summed E-state index contributed by atoms with van der Waals surface area (Å²) in [5.74, 6) is 0.515. The molecule has 0 aliphatic rings. The zero-order valence-electron chi connectivity index (χ0n) is 9.37. The minimum Gasteiger partial charge on any atom is -0.385 e. The number of hydrogen-bond acceptors (Lipinski definition) is 3. The highest BCUT2D eigenvalue weighted by Gasteiger charge is 2.20. The van der Waals surface area contributed by atoms with E-state index in [2.05, 4.69) is 18.8 Å². The van der Waals surface area contributed by atoms with Crippen LogP contribution in [0.1, 0.15) is 56.3 Å². The average molecular weight is 213 g/mol. The molecule has 1 aromatic rings. The van der Waals surface area contributed by atoms with Crippen LogP contribution in [0.15, 0.2) is 6.20 Å². The monoisotopic (exact) mass is 213 g/mol. The molecular weight excluding hydrogens is 194 g/mol. The number of hydrogen-bond donors (Lipinski definition) is 1. The van der Waals surface area contributed by atoms with Gasteiger partial charge in [-0.05, 0) is 20.3 Å². The predicted octanol–water partition coefficient (Wildman–Crippen LogP) is 3.27. The third-order valence-electron chi connectivity index (χ3n) is 2.27. The lowest BCUT2D eigenvalue weighted by Crippen LogP contribution is -2.12. The second kappa shape index (κ2) is 4.41. The molecule has 0 saturated heterocycles. The van der Waals surface area contributed by atoms with Gasteiger partial charge in [0.2, 0.25) is 0 Å². The molecular formula is C11H19NOS. The van der Waals surface area contributed by atoms with E-state index in [1.54, 1.807) is 31.4 Å². The molecule has 1 atom stereocenters. The van der Waals surface area contributed by atoms with Crippen LogP contribution in [-0.2, 0) is 5.60 Å². The molecule has 0 bridgehead atoms. The van der Waals surface area contributed by atoms with E-state index in [1.807, 2.05) is 0 Å². The topological polar surface area (TPSA) is 33.1 Å². The summed E-state index contributed by atoms with van der Waals surface area (Å²) >= 11 is 1.63. The van der Waals surface area contributed by atoms with E-state index in [9.17, 15) is 5.11 Å². The van der Waals surface area contributed by atoms with E-state index in [0.29, 0.717) is 5.92 Å². The first-order valence-corrected chi connectivity index (χ1v) is 5.95. The Morgan fingerprint density at radius 3 is 2.64 bits per heavy atom. The van der Waals surface area contributed by atoms with Crippen LogP contribution >= 0.6 is 11.3 Å². The van der Waals surface area contributed by atoms with E-state index >= 15 is 0 Å². The van der Waals surface area contributed by atoms with Crippen molar-refractivity contribution in [2.24, 2.45) is 0 Å². The van der Waals surface area contributed by atoms with Gasteiger partial charge in [-0.2, -0.15) is 0 Å². The normalized spacial score (nSPS) is 14.4. The molecule has 1 N–H and O–H groups in total. The van der Waals surface area contributed by atoms with Gasteiger partial charge >= 0.3 is 0 Å². The van der Waals surface area contributed by atoms with Crippen molar-refractivity contribution in [1.29, 1.82) is 0 Å². The quantitative estimate of drug-likeness (QED) is 0.832.